The number of amides is 2. The van der Waals surface area contributed by atoms with E-state index >= 15 is 0 Å². The maximum Gasteiger partial charge on any atom is 0.281 e. The number of nitrogens with zero attached hydrogens (tertiary/aromatic N) is 6. The van der Waals surface area contributed by atoms with Gasteiger partial charge in [-0.3, -0.25) is 29.8 Å². The number of aliphatic imine (C=N–C) groups is 1. The molecule has 2 amide bonds. The molecule has 3 aliphatic carbocycles. The van der Waals surface area contributed by atoms with Crippen molar-refractivity contribution in [2.45, 2.75) is 58.5 Å². The smallest absolute Gasteiger partial charge is 0.281 e. The number of likely N-dealkylation sites (tertiary alicyclic amines) is 1. The average molecular weight is 669 g/mol. The van der Waals surface area contributed by atoms with Gasteiger partial charge in [-0.1, -0.05) is 11.6 Å². The fraction of sp³-hybridized carbons (Fsp3) is 0.528. The molecule has 1 spiro atoms. The molecule has 0 aromatic carbocycles. The molecule has 258 valence electrons. The van der Waals surface area contributed by atoms with Crippen molar-refractivity contribution in [3.05, 3.63) is 53.4 Å². The number of anilines is 2. The number of aromatic nitrogens is 2. The third-order valence-electron chi connectivity index (χ3n) is 11.3. The SMILES string of the molecule is C[NH+]=CN=C(N)C12CC(C3=CCN(C(=O)CN4CC[C@]5(CCN(c6ccc(N)c(C(=[NH2+])c7ccc(OC(C)C)nc7)n6)C5=O)C4)CC3)(C1)C2. The minimum absolute atomic E-state index is 0.00803. The number of amidine groups is 1. The van der Waals surface area contributed by atoms with Gasteiger partial charge in [-0.05, 0) is 87.5 Å². The van der Waals surface area contributed by atoms with E-state index in [0.717, 1.165) is 44.5 Å². The molecule has 13 nitrogen and oxygen atoms in total. The molecule has 5 fully saturated rings. The number of hydrogen-bond donors (Lipinski definition) is 4. The number of rotatable bonds is 10. The first kappa shape index (κ1) is 32.9. The number of nitrogens with two attached hydrogens (primary N) is 3. The van der Waals surface area contributed by atoms with Gasteiger partial charge in [0.05, 0.1) is 41.8 Å². The van der Waals surface area contributed by atoms with Crippen LogP contribution in [-0.4, -0.2) is 102 Å². The van der Waals surface area contributed by atoms with Crippen molar-refractivity contribution < 1.29 is 24.7 Å². The van der Waals surface area contributed by atoms with Crippen LogP contribution >= 0.6 is 0 Å². The molecule has 1 atom stereocenters. The lowest BCUT2D eigenvalue weighted by atomic mass is 9.32. The predicted octanol–water partition coefficient (Wildman–Crippen LogP) is -0.704. The van der Waals surface area contributed by atoms with Gasteiger partial charge >= 0.3 is 0 Å². The number of ether oxygens (including phenoxy) is 1. The van der Waals surface area contributed by atoms with Gasteiger partial charge in [-0.25, -0.2) is 9.97 Å². The molecule has 3 saturated carbocycles. The zero-order valence-electron chi connectivity index (χ0n) is 28.7. The van der Waals surface area contributed by atoms with Gasteiger partial charge in [0, 0.05) is 38.4 Å². The maximum atomic E-state index is 14.0. The third kappa shape index (κ3) is 5.77. The molecule has 8 rings (SSSR count). The highest BCUT2D eigenvalue weighted by atomic mass is 16.5. The number of carbonyl (C=O) groups is 2. The van der Waals surface area contributed by atoms with Crippen molar-refractivity contribution >= 4 is 41.2 Å². The van der Waals surface area contributed by atoms with Crippen LogP contribution in [0.3, 0.4) is 0 Å². The zero-order chi connectivity index (χ0) is 34.6. The quantitative estimate of drug-likeness (QED) is 0.146. The predicted molar refractivity (Wildman–Crippen MR) is 187 cm³/mol. The number of carbonyl (C=O) groups excluding carboxylic acids is 2. The monoisotopic (exact) mass is 668 g/mol. The summed E-state index contributed by atoms with van der Waals surface area (Å²) in [6.45, 7) is 7.41. The number of pyridine rings is 2. The number of hydrogen-bond acceptors (Lipinski definition) is 7. The van der Waals surface area contributed by atoms with Crippen LogP contribution in [0.4, 0.5) is 11.5 Å². The summed E-state index contributed by atoms with van der Waals surface area (Å²) in [7, 11) is 1.82. The van der Waals surface area contributed by atoms with Gasteiger partial charge in [0.15, 0.2) is 5.69 Å². The van der Waals surface area contributed by atoms with Crippen LogP contribution in [0.15, 0.2) is 47.1 Å². The van der Waals surface area contributed by atoms with Crippen molar-refractivity contribution in [3.8, 4) is 5.88 Å². The summed E-state index contributed by atoms with van der Waals surface area (Å²) in [4.78, 5) is 49.6. The Labute approximate surface area is 287 Å². The molecule has 2 saturated heterocycles. The van der Waals surface area contributed by atoms with E-state index in [1.165, 1.54) is 5.57 Å². The summed E-state index contributed by atoms with van der Waals surface area (Å²) >= 11 is 0. The minimum atomic E-state index is -0.528. The lowest BCUT2D eigenvalue weighted by Crippen LogP contribution is -2.68. The number of nitrogen functional groups attached to an aromatic ring is 1. The van der Waals surface area contributed by atoms with E-state index in [4.69, 9.17) is 26.6 Å². The fourth-order valence-electron chi connectivity index (χ4n) is 8.66. The summed E-state index contributed by atoms with van der Waals surface area (Å²) in [5.41, 5.74) is 15.7. The van der Waals surface area contributed by atoms with E-state index in [1.807, 2.05) is 31.9 Å². The minimum Gasteiger partial charge on any atom is -0.475 e. The first-order valence-electron chi connectivity index (χ1n) is 17.3. The van der Waals surface area contributed by atoms with E-state index in [-0.39, 0.29) is 28.7 Å². The van der Waals surface area contributed by atoms with E-state index in [9.17, 15) is 9.59 Å². The highest BCUT2D eigenvalue weighted by Gasteiger charge is 2.72. The van der Waals surface area contributed by atoms with Gasteiger partial charge < -0.3 is 21.1 Å². The molecule has 3 aliphatic heterocycles. The van der Waals surface area contributed by atoms with E-state index < -0.39 is 5.41 Å². The van der Waals surface area contributed by atoms with Crippen LogP contribution < -0.4 is 31.5 Å². The summed E-state index contributed by atoms with van der Waals surface area (Å²) < 4.78 is 5.64. The van der Waals surface area contributed by atoms with Crippen molar-refractivity contribution in [3.63, 3.8) is 0 Å². The Bertz CT molecular complexity index is 1750. The van der Waals surface area contributed by atoms with Crippen LogP contribution in [0.25, 0.3) is 0 Å². The fourth-order valence-corrected chi connectivity index (χ4v) is 8.66. The van der Waals surface area contributed by atoms with E-state index in [1.54, 1.807) is 35.6 Å². The van der Waals surface area contributed by atoms with Crippen molar-refractivity contribution in [1.82, 2.24) is 19.8 Å². The summed E-state index contributed by atoms with van der Waals surface area (Å²) in [5.74, 6) is 1.92. The Hall–Kier alpha value is -4.65. The molecule has 49 heavy (non-hydrogen) atoms. The van der Waals surface area contributed by atoms with Crippen LogP contribution in [0.2, 0.25) is 0 Å². The van der Waals surface area contributed by atoms with Gasteiger partial charge in [0.2, 0.25) is 29.2 Å². The molecule has 0 radical (unpaired) electrons. The number of nitrogens with one attached hydrogen (secondary N) is 1. The van der Waals surface area contributed by atoms with Crippen LogP contribution in [0, 0.1) is 16.2 Å². The maximum absolute atomic E-state index is 14.0. The Morgan fingerprint density at radius 3 is 2.59 bits per heavy atom. The molecular formula is C36H48N10O3+2. The Kier molecular flexibility index (Phi) is 8.28. The second-order valence-corrected chi connectivity index (χ2v) is 14.9. The molecule has 5 heterocycles. The van der Waals surface area contributed by atoms with E-state index in [0.29, 0.717) is 73.5 Å². The molecule has 7 N–H and O–H groups in total. The van der Waals surface area contributed by atoms with Crippen molar-refractivity contribution in [1.29, 1.82) is 0 Å². The largest absolute Gasteiger partial charge is 0.475 e. The highest BCUT2D eigenvalue weighted by Crippen LogP contribution is 2.76. The van der Waals surface area contributed by atoms with Gasteiger partial charge in [0.25, 0.3) is 6.34 Å². The molecule has 0 unspecified atom stereocenters. The molecule has 13 heteroatoms. The Morgan fingerprint density at radius 1 is 1.14 bits per heavy atom. The normalized spacial score (nSPS) is 28.3. The van der Waals surface area contributed by atoms with Crippen molar-refractivity contribution in [2.24, 2.45) is 27.0 Å². The molecule has 2 bridgehead atoms. The van der Waals surface area contributed by atoms with Gasteiger partial charge in [0.1, 0.15) is 5.82 Å². The average Bonchev–Trinajstić information content (AvgIpc) is 3.61. The third-order valence-corrected chi connectivity index (χ3v) is 11.3. The second-order valence-electron chi connectivity index (χ2n) is 14.9. The Balaban J connectivity index is 0.939. The lowest BCUT2D eigenvalue weighted by molar-refractivity contribution is -0.414. The van der Waals surface area contributed by atoms with E-state index in [2.05, 4.69) is 25.9 Å². The first-order valence-corrected chi connectivity index (χ1v) is 17.3. The summed E-state index contributed by atoms with van der Waals surface area (Å²) in [6.07, 6.45) is 11.1. The summed E-state index contributed by atoms with van der Waals surface area (Å²) in [6, 6.07) is 7.09. The van der Waals surface area contributed by atoms with Crippen molar-refractivity contribution in [2.75, 3.05) is 56.9 Å². The highest BCUT2D eigenvalue weighted by molar-refractivity contribution is 6.11. The Morgan fingerprint density at radius 2 is 1.92 bits per heavy atom. The molecule has 6 aliphatic rings. The topological polar surface area (TPSA) is 183 Å². The standard InChI is InChI=1S/C36H46N10O3/c1-23(2)49-28-7-4-24(16-41-28)30(38)31-26(37)5-6-27(43-31)46-15-11-34(33(46)48)10-14-44(21-34)17-29(47)45-12-8-25(9-13-45)35-18-36(19-35,20-35)32(39)42-22-40-3/h4-8,16,22-23,38H,9-15,17-21,37H2,1-3H3,(H2,39,40,42)/p+2/t34-,35?,36?/m0/s1. The second kappa shape index (κ2) is 12.3. The van der Waals surface area contributed by atoms with Crippen LogP contribution in [-0.2, 0) is 9.59 Å². The van der Waals surface area contributed by atoms with Crippen LogP contribution in [0.1, 0.15) is 63.6 Å². The molecule has 2 aromatic heterocycles. The van der Waals surface area contributed by atoms with Crippen LogP contribution in [0.5, 0.6) is 5.88 Å². The zero-order valence-corrected chi connectivity index (χ0v) is 28.7. The van der Waals surface area contributed by atoms with Gasteiger partial charge in [-0.2, -0.15) is 0 Å². The molecular weight excluding hydrogens is 620 g/mol. The molecule has 2 aromatic rings. The first-order chi connectivity index (χ1) is 23.5. The van der Waals surface area contributed by atoms with Gasteiger partial charge in [-0.15, -0.1) is 0 Å². The lowest BCUT2D eigenvalue weighted by Gasteiger charge is -2.70. The summed E-state index contributed by atoms with van der Waals surface area (Å²) in [5, 5.41) is 6.52.